The molecule has 6 heteroatoms. The van der Waals surface area contributed by atoms with Gasteiger partial charge in [-0.25, -0.2) is 15.0 Å². The lowest BCUT2D eigenvalue weighted by Crippen LogP contribution is -2.05. The standard InChI is InChI=1S/C18H16Cl2N4/c1-11-7-13(4-6-15(11)19)17-22-10-23-18(24-17)14-8-12(9-21-2)3-5-16(14)20/h3-8,10,21H,9H2,1-2H3. The molecule has 2 aromatic carbocycles. The molecule has 1 N–H and O–H groups in total. The topological polar surface area (TPSA) is 50.7 Å². The average Bonchev–Trinajstić information content (AvgIpc) is 2.59. The zero-order chi connectivity index (χ0) is 17.1. The van der Waals surface area contributed by atoms with Crippen LogP contribution in [0.2, 0.25) is 10.0 Å². The Balaban J connectivity index is 2.04. The van der Waals surface area contributed by atoms with Gasteiger partial charge in [0.25, 0.3) is 0 Å². The normalized spacial score (nSPS) is 10.8. The van der Waals surface area contributed by atoms with Gasteiger partial charge in [-0.05, 0) is 55.4 Å². The summed E-state index contributed by atoms with van der Waals surface area (Å²) in [5.74, 6) is 1.14. The van der Waals surface area contributed by atoms with Gasteiger partial charge in [0, 0.05) is 22.7 Å². The van der Waals surface area contributed by atoms with E-state index in [-0.39, 0.29) is 0 Å². The van der Waals surface area contributed by atoms with E-state index in [1.807, 2.05) is 50.4 Å². The quantitative estimate of drug-likeness (QED) is 0.743. The van der Waals surface area contributed by atoms with Crippen LogP contribution in [0, 0.1) is 6.92 Å². The molecule has 3 aromatic rings. The van der Waals surface area contributed by atoms with Crippen molar-refractivity contribution >= 4 is 23.2 Å². The summed E-state index contributed by atoms with van der Waals surface area (Å²) in [6.07, 6.45) is 1.50. The van der Waals surface area contributed by atoms with E-state index in [1.54, 1.807) is 0 Å². The van der Waals surface area contributed by atoms with Crippen molar-refractivity contribution in [1.29, 1.82) is 0 Å². The maximum Gasteiger partial charge on any atom is 0.164 e. The monoisotopic (exact) mass is 358 g/mol. The lowest BCUT2D eigenvalue weighted by molar-refractivity contribution is 0.818. The Kier molecular flexibility index (Phi) is 5.09. The molecule has 1 aromatic heterocycles. The van der Waals surface area contributed by atoms with Crippen molar-refractivity contribution in [3.63, 3.8) is 0 Å². The SMILES string of the molecule is CNCc1ccc(Cl)c(-c2ncnc(-c3ccc(Cl)c(C)c3)n2)c1. The Labute approximate surface area is 150 Å². The van der Waals surface area contributed by atoms with Crippen molar-refractivity contribution in [1.82, 2.24) is 20.3 Å². The van der Waals surface area contributed by atoms with Crippen LogP contribution in [0.1, 0.15) is 11.1 Å². The van der Waals surface area contributed by atoms with E-state index in [9.17, 15) is 0 Å². The van der Waals surface area contributed by atoms with Gasteiger partial charge in [-0.15, -0.1) is 0 Å². The molecule has 24 heavy (non-hydrogen) atoms. The molecular weight excluding hydrogens is 343 g/mol. The highest BCUT2D eigenvalue weighted by Crippen LogP contribution is 2.28. The smallest absolute Gasteiger partial charge is 0.164 e. The summed E-state index contributed by atoms with van der Waals surface area (Å²) in [6, 6.07) is 11.5. The Morgan fingerprint density at radius 3 is 2.46 bits per heavy atom. The van der Waals surface area contributed by atoms with Crippen LogP contribution >= 0.6 is 23.2 Å². The summed E-state index contributed by atoms with van der Waals surface area (Å²) in [5.41, 5.74) is 3.77. The minimum absolute atomic E-state index is 0.551. The van der Waals surface area contributed by atoms with E-state index in [0.717, 1.165) is 33.8 Å². The molecule has 1 heterocycles. The largest absolute Gasteiger partial charge is 0.316 e. The van der Waals surface area contributed by atoms with Crippen molar-refractivity contribution in [2.75, 3.05) is 7.05 Å². The number of nitrogens with one attached hydrogen (secondary N) is 1. The highest BCUT2D eigenvalue weighted by atomic mass is 35.5. The second-order valence-electron chi connectivity index (χ2n) is 5.44. The molecule has 0 amide bonds. The molecule has 0 saturated carbocycles. The molecular formula is C18H16Cl2N4. The van der Waals surface area contributed by atoms with Gasteiger partial charge >= 0.3 is 0 Å². The number of halogens is 2. The molecule has 122 valence electrons. The van der Waals surface area contributed by atoms with Crippen LogP contribution < -0.4 is 5.32 Å². The molecule has 3 rings (SSSR count). The fraction of sp³-hybridized carbons (Fsp3) is 0.167. The van der Waals surface area contributed by atoms with Crippen molar-refractivity contribution in [2.24, 2.45) is 0 Å². The van der Waals surface area contributed by atoms with Crippen LogP contribution in [0.4, 0.5) is 0 Å². The molecule has 0 aliphatic heterocycles. The van der Waals surface area contributed by atoms with E-state index in [4.69, 9.17) is 23.2 Å². The van der Waals surface area contributed by atoms with Gasteiger partial charge in [0.2, 0.25) is 0 Å². The predicted molar refractivity (Wildman–Crippen MR) is 98.2 cm³/mol. The van der Waals surface area contributed by atoms with Crippen LogP contribution in [0.3, 0.4) is 0 Å². The summed E-state index contributed by atoms with van der Waals surface area (Å²) in [5, 5.41) is 4.45. The summed E-state index contributed by atoms with van der Waals surface area (Å²) in [6.45, 7) is 2.70. The van der Waals surface area contributed by atoms with Gasteiger partial charge in [0.1, 0.15) is 6.33 Å². The van der Waals surface area contributed by atoms with E-state index < -0.39 is 0 Å². The number of nitrogens with zero attached hydrogens (tertiary/aromatic N) is 3. The Morgan fingerprint density at radius 2 is 1.71 bits per heavy atom. The minimum Gasteiger partial charge on any atom is -0.316 e. The zero-order valence-corrected chi connectivity index (χ0v) is 14.9. The Morgan fingerprint density at radius 1 is 0.958 bits per heavy atom. The Hall–Kier alpha value is -2.01. The van der Waals surface area contributed by atoms with Crippen molar-refractivity contribution in [3.05, 3.63) is 63.9 Å². The molecule has 0 fully saturated rings. The predicted octanol–water partition coefficient (Wildman–Crippen LogP) is 4.54. The maximum atomic E-state index is 6.34. The molecule has 0 radical (unpaired) electrons. The second kappa shape index (κ2) is 7.26. The number of aryl methyl sites for hydroxylation is 1. The highest BCUT2D eigenvalue weighted by molar-refractivity contribution is 6.33. The first-order valence-electron chi connectivity index (χ1n) is 7.47. The molecule has 0 bridgehead atoms. The van der Waals surface area contributed by atoms with Gasteiger partial charge in [0.05, 0.1) is 5.02 Å². The van der Waals surface area contributed by atoms with Crippen molar-refractivity contribution < 1.29 is 0 Å². The average molecular weight is 359 g/mol. The molecule has 0 atom stereocenters. The van der Waals surface area contributed by atoms with Crippen LogP contribution in [0.15, 0.2) is 42.7 Å². The third kappa shape index (κ3) is 3.56. The van der Waals surface area contributed by atoms with E-state index >= 15 is 0 Å². The maximum absolute atomic E-state index is 6.34. The van der Waals surface area contributed by atoms with Crippen LogP contribution in [0.5, 0.6) is 0 Å². The number of hydrogen-bond donors (Lipinski definition) is 1. The minimum atomic E-state index is 0.551. The molecule has 4 nitrogen and oxygen atoms in total. The van der Waals surface area contributed by atoms with Crippen LogP contribution in [-0.4, -0.2) is 22.0 Å². The highest BCUT2D eigenvalue weighted by Gasteiger charge is 2.11. The van der Waals surface area contributed by atoms with Gasteiger partial charge in [-0.3, -0.25) is 0 Å². The summed E-state index contributed by atoms with van der Waals surface area (Å²) in [7, 11) is 1.90. The summed E-state index contributed by atoms with van der Waals surface area (Å²) >= 11 is 12.4. The van der Waals surface area contributed by atoms with E-state index in [0.29, 0.717) is 16.7 Å². The fourth-order valence-corrected chi connectivity index (χ4v) is 2.73. The summed E-state index contributed by atoms with van der Waals surface area (Å²) < 4.78 is 0. The first-order chi connectivity index (χ1) is 11.6. The van der Waals surface area contributed by atoms with Gasteiger partial charge in [-0.2, -0.15) is 0 Å². The molecule has 0 spiro atoms. The van der Waals surface area contributed by atoms with E-state index in [2.05, 4.69) is 20.3 Å². The van der Waals surface area contributed by atoms with Gasteiger partial charge < -0.3 is 5.32 Å². The van der Waals surface area contributed by atoms with Crippen LogP contribution in [0.25, 0.3) is 22.8 Å². The van der Waals surface area contributed by atoms with Crippen molar-refractivity contribution in [3.8, 4) is 22.8 Å². The number of aromatic nitrogens is 3. The van der Waals surface area contributed by atoms with Crippen LogP contribution in [-0.2, 0) is 6.54 Å². The molecule has 0 aliphatic rings. The van der Waals surface area contributed by atoms with Crippen molar-refractivity contribution in [2.45, 2.75) is 13.5 Å². The molecule has 0 aliphatic carbocycles. The third-order valence-electron chi connectivity index (χ3n) is 3.64. The Bertz CT molecular complexity index is 881. The summed E-state index contributed by atoms with van der Waals surface area (Å²) in [4.78, 5) is 13.1. The van der Waals surface area contributed by atoms with Gasteiger partial charge in [0.15, 0.2) is 11.6 Å². The number of benzene rings is 2. The van der Waals surface area contributed by atoms with Gasteiger partial charge in [-0.1, -0.05) is 29.3 Å². The number of rotatable bonds is 4. The zero-order valence-electron chi connectivity index (χ0n) is 13.3. The number of hydrogen-bond acceptors (Lipinski definition) is 4. The lowest BCUT2D eigenvalue weighted by atomic mass is 10.1. The lowest BCUT2D eigenvalue weighted by Gasteiger charge is -2.08. The van der Waals surface area contributed by atoms with E-state index in [1.165, 1.54) is 6.33 Å². The molecule has 0 saturated heterocycles. The second-order valence-corrected chi connectivity index (χ2v) is 6.26. The first kappa shape index (κ1) is 16.8. The third-order valence-corrected chi connectivity index (χ3v) is 4.39. The first-order valence-corrected chi connectivity index (χ1v) is 8.23. The fourth-order valence-electron chi connectivity index (χ4n) is 2.41. The molecule has 0 unspecified atom stereocenters.